The minimum atomic E-state index is 0.382. The highest BCUT2D eigenvalue weighted by molar-refractivity contribution is 6.15. The zero-order valence-electron chi connectivity index (χ0n) is 25.8. The maximum atomic E-state index is 2.90. The quantitative estimate of drug-likeness (QED) is 0.214. The molecule has 4 aromatic rings. The molecule has 0 spiro atoms. The minimum Gasteiger partial charge on any atom is -0.357 e. The number of aromatic nitrogens is 2. The standard InChI is InChI=1S/C42H39N3/c1-2-10-26(11-3-1)27-12-8-13-28(24-27)43-37-22-20-33-31-16-4-6-18-35(31)44-29-14-9-15-30(25-29)45-36-19-7-5-17-32(36)34-21-23-38(43)40(42(34)45)39(37)41(33)44/h1-3,6-12,14,18-20,22,25,27-28,30,32,36H,4-5,13,15-17,21,23-24H2. The number of rotatable bonds is 2. The maximum Gasteiger partial charge on any atom is 0.0638 e. The molecule has 2 aliphatic heterocycles. The Kier molecular flexibility index (Phi) is 5.09. The van der Waals surface area contributed by atoms with Crippen LogP contribution in [0.25, 0.3) is 39.3 Å². The Hall–Kier alpha value is -4.24. The fraction of sp³-hybridized carbons (Fsp3) is 0.333. The number of hydrogen-bond acceptors (Lipinski definition) is 1. The first-order chi connectivity index (χ1) is 22.3. The van der Waals surface area contributed by atoms with Crippen LogP contribution in [0, 0.1) is 5.92 Å². The molecule has 5 unspecified atom stereocenters. The van der Waals surface area contributed by atoms with E-state index in [-0.39, 0.29) is 0 Å². The van der Waals surface area contributed by atoms with Crippen molar-refractivity contribution in [2.45, 2.75) is 81.8 Å². The highest BCUT2D eigenvalue weighted by Gasteiger charge is 2.47. The van der Waals surface area contributed by atoms with Crippen molar-refractivity contribution in [2.75, 3.05) is 0 Å². The number of aryl methyl sites for hydroxylation is 1. The van der Waals surface area contributed by atoms with Gasteiger partial charge in [-0.15, -0.1) is 0 Å². The molecule has 3 nitrogen and oxygen atoms in total. The van der Waals surface area contributed by atoms with Crippen molar-refractivity contribution >= 4 is 39.3 Å². The van der Waals surface area contributed by atoms with Crippen LogP contribution in [-0.2, 0) is 12.8 Å². The second-order valence-electron chi connectivity index (χ2n) is 14.4. The number of allylic oxidation sites excluding steroid dienone is 6. The molecule has 0 fully saturated rings. The van der Waals surface area contributed by atoms with Gasteiger partial charge < -0.3 is 14.0 Å². The molecular weight excluding hydrogens is 546 g/mol. The number of fused-ring (bicyclic) bond motifs is 9. The van der Waals surface area contributed by atoms with Crippen LogP contribution in [0.2, 0.25) is 0 Å². The summed E-state index contributed by atoms with van der Waals surface area (Å²) in [5.41, 5.74) is 15.2. The van der Waals surface area contributed by atoms with E-state index in [2.05, 4.69) is 111 Å². The Morgan fingerprint density at radius 1 is 0.800 bits per heavy atom. The average Bonchev–Trinajstić information content (AvgIpc) is 3.74. The smallest absolute Gasteiger partial charge is 0.0638 e. The molecule has 5 aliphatic carbocycles. The fourth-order valence-corrected chi connectivity index (χ4v) is 10.6. The van der Waals surface area contributed by atoms with E-state index in [4.69, 9.17) is 0 Å². The largest absolute Gasteiger partial charge is 0.357 e. The van der Waals surface area contributed by atoms with Gasteiger partial charge in [-0.1, -0.05) is 72.9 Å². The van der Waals surface area contributed by atoms with E-state index in [0.29, 0.717) is 30.0 Å². The Balaban J connectivity index is 1.25. The molecule has 0 saturated heterocycles. The van der Waals surface area contributed by atoms with Gasteiger partial charge in [0, 0.05) is 57.0 Å². The monoisotopic (exact) mass is 585 g/mol. The van der Waals surface area contributed by atoms with Gasteiger partial charge in [0.25, 0.3) is 0 Å². The van der Waals surface area contributed by atoms with Crippen LogP contribution in [0.15, 0.2) is 96.6 Å². The highest BCUT2D eigenvalue weighted by atomic mass is 15.2. The summed E-state index contributed by atoms with van der Waals surface area (Å²) in [7, 11) is 0. The average molecular weight is 586 g/mol. The highest BCUT2D eigenvalue weighted by Crippen LogP contribution is 2.56. The normalized spacial score (nSPS) is 28.8. The number of hydrogen-bond donors (Lipinski definition) is 0. The molecule has 0 radical (unpaired) electrons. The summed E-state index contributed by atoms with van der Waals surface area (Å²) in [6, 6.07) is 17.5. The predicted octanol–water partition coefficient (Wildman–Crippen LogP) is 9.72. The second kappa shape index (κ2) is 9.16. The molecule has 0 saturated carbocycles. The lowest BCUT2D eigenvalue weighted by atomic mass is 9.81. The van der Waals surface area contributed by atoms with Gasteiger partial charge in [0.15, 0.2) is 0 Å². The molecule has 2 bridgehead atoms. The Labute approximate surface area is 265 Å². The van der Waals surface area contributed by atoms with E-state index >= 15 is 0 Å². The van der Waals surface area contributed by atoms with E-state index in [9.17, 15) is 0 Å². The molecule has 3 heteroatoms. The van der Waals surface area contributed by atoms with Gasteiger partial charge in [-0.25, -0.2) is 0 Å². The molecule has 2 aromatic carbocycles. The van der Waals surface area contributed by atoms with Crippen LogP contribution < -0.4 is 0 Å². The third-order valence-electron chi connectivity index (χ3n) is 12.3. The molecule has 2 aromatic heterocycles. The molecular formula is C42H39N3. The van der Waals surface area contributed by atoms with E-state index in [1.165, 1.54) is 58.0 Å². The Morgan fingerprint density at radius 3 is 2.71 bits per heavy atom. The molecule has 0 N–H and O–H groups in total. The van der Waals surface area contributed by atoms with Crippen molar-refractivity contribution in [1.82, 2.24) is 14.0 Å². The third kappa shape index (κ3) is 3.27. The van der Waals surface area contributed by atoms with Gasteiger partial charge >= 0.3 is 0 Å². The molecule has 7 aliphatic rings. The van der Waals surface area contributed by atoms with Crippen molar-refractivity contribution in [3.8, 4) is 0 Å². The lowest BCUT2D eigenvalue weighted by Gasteiger charge is -2.38. The van der Waals surface area contributed by atoms with Gasteiger partial charge in [0.1, 0.15) is 0 Å². The topological polar surface area (TPSA) is 13.1 Å². The zero-order chi connectivity index (χ0) is 29.2. The van der Waals surface area contributed by atoms with Gasteiger partial charge in [0.2, 0.25) is 0 Å². The van der Waals surface area contributed by atoms with Gasteiger partial charge in [-0.3, -0.25) is 0 Å². The molecule has 0 amide bonds. The minimum absolute atomic E-state index is 0.382. The van der Waals surface area contributed by atoms with Crippen molar-refractivity contribution < 1.29 is 0 Å². The van der Waals surface area contributed by atoms with Crippen LogP contribution in [0.4, 0.5) is 0 Å². The zero-order valence-corrected chi connectivity index (χ0v) is 25.8. The van der Waals surface area contributed by atoms with Crippen LogP contribution in [0.5, 0.6) is 0 Å². The molecule has 222 valence electrons. The summed E-state index contributed by atoms with van der Waals surface area (Å²) >= 11 is 0. The molecule has 11 rings (SSSR count). The number of benzene rings is 2. The summed E-state index contributed by atoms with van der Waals surface area (Å²) in [6.07, 6.45) is 32.8. The van der Waals surface area contributed by atoms with E-state index in [1.54, 1.807) is 28.1 Å². The van der Waals surface area contributed by atoms with Crippen molar-refractivity contribution in [3.05, 3.63) is 125 Å². The van der Waals surface area contributed by atoms with E-state index < -0.39 is 0 Å². The first kappa shape index (κ1) is 25.0. The van der Waals surface area contributed by atoms with Crippen LogP contribution in [0.1, 0.15) is 85.0 Å². The van der Waals surface area contributed by atoms with Gasteiger partial charge in [-0.2, -0.15) is 0 Å². The van der Waals surface area contributed by atoms with Crippen LogP contribution >= 0.6 is 0 Å². The molecule has 45 heavy (non-hydrogen) atoms. The van der Waals surface area contributed by atoms with Crippen LogP contribution in [0.3, 0.4) is 0 Å². The van der Waals surface area contributed by atoms with Crippen LogP contribution in [-0.4, -0.2) is 26.1 Å². The number of nitrogens with zero attached hydrogens (tertiary/aromatic N) is 3. The fourth-order valence-electron chi connectivity index (χ4n) is 10.6. The summed E-state index contributed by atoms with van der Waals surface area (Å²) < 4.78 is 5.53. The predicted molar refractivity (Wildman–Crippen MR) is 186 cm³/mol. The summed E-state index contributed by atoms with van der Waals surface area (Å²) in [4.78, 5) is 2.90. The van der Waals surface area contributed by atoms with Crippen molar-refractivity contribution in [3.63, 3.8) is 0 Å². The lowest BCUT2D eigenvalue weighted by molar-refractivity contribution is 0.256. The molecule has 5 atom stereocenters. The SMILES string of the molecule is C1=Cc2c(c3ccc4c5c6c(n4C4CC=CC(c7ccccc7)C4)CCC4=C6N(C6C=C(C=CC6)n2c35)C2C=CCCC42)CC1. The first-order valence-electron chi connectivity index (χ1n) is 17.5. The third-order valence-corrected chi connectivity index (χ3v) is 12.3. The molecule has 4 heterocycles. The summed E-state index contributed by atoms with van der Waals surface area (Å²) in [5.74, 6) is 1.12. The maximum absolute atomic E-state index is 2.90. The first-order valence-corrected chi connectivity index (χ1v) is 17.5. The summed E-state index contributed by atoms with van der Waals surface area (Å²) in [6.45, 7) is 0. The van der Waals surface area contributed by atoms with Crippen molar-refractivity contribution in [1.29, 1.82) is 0 Å². The van der Waals surface area contributed by atoms with Crippen molar-refractivity contribution in [2.24, 2.45) is 5.92 Å². The van der Waals surface area contributed by atoms with E-state index in [0.717, 1.165) is 38.5 Å². The lowest BCUT2D eigenvalue weighted by Crippen LogP contribution is -2.40. The van der Waals surface area contributed by atoms with Gasteiger partial charge in [-0.05, 0) is 98.8 Å². The van der Waals surface area contributed by atoms with Gasteiger partial charge in [0.05, 0.1) is 23.1 Å². The second-order valence-corrected chi connectivity index (χ2v) is 14.4. The Morgan fingerprint density at radius 2 is 1.76 bits per heavy atom. The Bertz CT molecular complexity index is 2120. The summed E-state index contributed by atoms with van der Waals surface area (Å²) in [5, 5.41) is 3.00. The van der Waals surface area contributed by atoms with E-state index in [1.807, 2.05) is 0 Å².